The van der Waals surface area contributed by atoms with Crippen LogP contribution in [0, 0.1) is 0 Å². The van der Waals surface area contributed by atoms with Crippen molar-refractivity contribution in [3.8, 4) is 0 Å². The number of hydrogen-bond donors (Lipinski definition) is 0. The van der Waals surface area contributed by atoms with E-state index in [1.165, 1.54) is 10.6 Å². The van der Waals surface area contributed by atoms with Crippen LogP contribution in [0.5, 0.6) is 0 Å². The quantitative estimate of drug-likeness (QED) is 0.668. The first-order valence-electron chi connectivity index (χ1n) is 7.06. The summed E-state index contributed by atoms with van der Waals surface area (Å²) in [5.41, 5.74) is 1.58. The topological polar surface area (TPSA) is 3.24 Å². The zero-order valence-electron chi connectivity index (χ0n) is 11.9. The molecule has 0 aliphatic heterocycles. The van der Waals surface area contributed by atoms with E-state index < -0.39 is 14.1 Å². The minimum Gasteiger partial charge on any atom is -0.300 e. The molecule has 0 atom stereocenters. The van der Waals surface area contributed by atoms with Crippen molar-refractivity contribution in [2.45, 2.75) is 44.8 Å². The van der Waals surface area contributed by atoms with Crippen molar-refractivity contribution in [1.29, 1.82) is 0 Å². The van der Waals surface area contributed by atoms with Gasteiger partial charge in [0.1, 0.15) is 0 Å². The van der Waals surface area contributed by atoms with Gasteiger partial charge in [-0.3, -0.25) is 4.90 Å². The molecule has 0 fully saturated rings. The van der Waals surface area contributed by atoms with Crippen LogP contribution in [0.25, 0.3) is 0 Å². The lowest BCUT2D eigenvalue weighted by Gasteiger charge is -2.21. The summed E-state index contributed by atoms with van der Waals surface area (Å²) in [4.78, 5) is 2.51. The monoisotopic (exact) mass is 247 g/mol. The van der Waals surface area contributed by atoms with Gasteiger partial charge in [0.2, 0.25) is 0 Å². The Balaban J connectivity index is 2.90. The molecule has 0 aromatic heterocycles. The van der Waals surface area contributed by atoms with Crippen molar-refractivity contribution in [3.05, 3.63) is 29.8 Å². The van der Waals surface area contributed by atoms with E-state index in [1.54, 1.807) is 9.99 Å². The highest BCUT2D eigenvalue weighted by Gasteiger charge is 2.18. The molecule has 1 nitrogen and oxygen atoms in total. The average Bonchev–Trinajstić information content (AvgIpc) is 2.39. The molecule has 0 saturated heterocycles. The molecule has 0 saturated carbocycles. The molecule has 0 aliphatic carbocycles. The minimum atomic E-state index is -0.697. The zero-order chi connectivity index (χ0) is 12.7. The molecular weight excluding hydrogens is 221 g/mol. The van der Waals surface area contributed by atoms with Crippen molar-refractivity contribution < 1.29 is 0 Å². The Kier molecular flexibility index (Phi) is 6.89. The lowest BCUT2D eigenvalue weighted by Crippen LogP contribution is -2.34. The molecule has 1 rings (SSSR count). The Morgan fingerprint density at radius 1 is 0.941 bits per heavy atom. The van der Waals surface area contributed by atoms with Crippen LogP contribution in [0.3, 0.4) is 0 Å². The van der Waals surface area contributed by atoms with E-state index >= 15 is 0 Å². The highest BCUT2D eigenvalue weighted by molar-refractivity contribution is 6.73. The fourth-order valence-electron chi connectivity index (χ4n) is 2.49. The molecular formula is C15H26AlN. The second-order valence-corrected chi connectivity index (χ2v) is 8.32. The van der Waals surface area contributed by atoms with Crippen molar-refractivity contribution in [2.75, 3.05) is 13.1 Å². The molecule has 17 heavy (non-hydrogen) atoms. The third-order valence-corrected chi connectivity index (χ3v) is 7.18. The Morgan fingerprint density at radius 2 is 1.53 bits per heavy atom. The maximum atomic E-state index is 2.51. The van der Waals surface area contributed by atoms with Crippen molar-refractivity contribution in [3.63, 3.8) is 0 Å². The number of rotatable bonds is 7. The van der Waals surface area contributed by atoms with Gasteiger partial charge in [-0.1, -0.05) is 62.5 Å². The van der Waals surface area contributed by atoms with Gasteiger partial charge in [0.25, 0.3) is 0 Å². The predicted molar refractivity (Wildman–Crippen MR) is 79.4 cm³/mol. The van der Waals surface area contributed by atoms with Crippen molar-refractivity contribution in [1.82, 2.24) is 4.90 Å². The van der Waals surface area contributed by atoms with Gasteiger partial charge in [0.15, 0.2) is 0 Å². The Bertz CT molecular complexity index is 316. The van der Waals surface area contributed by atoms with Gasteiger partial charge in [0.05, 0.1) is 0 Å². The normalized spacial score (nSPS) is 10.9. The fourth-order valence-corrected chi connectivity index (χ4v) is 5.05. The third-order valence-electron chi connectivity index (χ3n) is 3.77. The molecule has 0 N–H and O–H groups in total. The van der Waals surface area contributed by atoms with E-state index in [1.807, 2.05) is 0 Å². The van der Waals surface area contributed by atoms with Crippen LogP contribution in [0.4, 0.5) is 0 Å². The molecule has 0 spiro atoms. The molecule has 0 radical (unpaired) electrons. The van der Waals surface area contributed by atoms with Gasteiger partial charge >= 0.3 is 14.1 Å². The molecule has 94 valence electrons. The first-order valence-corrected chi connectivity index (χ1v) is 9.27. The Hall–Kier alpha value is -0.288. The standard InChI is InChI=1S/C11H16N.2C2H5.Al/c1-3-12(4-2)10-11-8-6-5-7-9-11;2*1-2;/h5-8H,3-4,10H2,1-2H3;2*1H2,2H3;. The number of nitrogens with zero attached hydrogens (tertiary/aromatic N) is 1. The summed E-state index contributed by atoms with van der Waals surface area (Å²) in [7, 11) is 0. The van der Waals surface area contributed by atoms with E-state index in [0.717, 1.165) is 19.6 Å². The Labute approximate surface area is 111 Å². The Morgan fingerprint density at radius 3 is 2.06 bits per heavy atom. The summed E-state index contributed by atoms with van der Waals surface area (Å²) in [6.45, 7) is 12.6. The summed E-state index contributed by atoms with van der Waals surface area (Å²) >= 11 is -0.697. The third kappa shape index (κ3) is 4.14. The van der Waals surface area contributed by atoms with E-state index in [-0.39, 0.29) is 0 Å². The SMILES string of the molecule is CCN(CC)Cc1cccc[c]1[Al]([CH2]C)[CH2]C. The molecule has 2 heteroatoms. The van der Waals surface area contributed by atoms with Crippen LogP contribution in [0.15, 0.2) is 24.3 Å². The largest absolute Gasteiger partial charge is 0.305 e. The maximum absolute atomic E-state index is 2.51. The van der Waals surface area contributed by atoms with Crippen LogP contribution in [-0.2, 0) is 6.54 Å². The minimum absolute atomic E-state index is 0.697. The highest BCUT2D eigenvalue weighted by Crippen LogP contribution is 2.07. The summed E-state index contributed by atoms with van der Waals surface area (Å²) < 4.78 is 1.70. The summed E-state index contributed by atoms with van der Waals surface area (Å²) in [5, 5.41) is 2.76. The van der Waals surface area contributed by atoms with E-state index in [0.29, 0.717) is 0 Å². The smallest absolute Gasteiger partial charge is 0.300 e. The maximum Gasteiger partial charge on any atom is 0.305 e. The summed E-state index contributed by atoms with van der Waals surface area (Å²) in [6, 6.07) is 9.12. The second kappa shape index (κ2) is 7.93. The van der Waals surface area contributed by atoms with Crippen LogP contribution >= 0.6 is 0 Å². The molecule has 0 bridgehead atoms. The molecule has 0 aliphatic rings. The molecule has 0 heterocycles. The fraction of sp³-hybridized carbons (Fsp3) is 0.600. The van der Waals surface area contributed by atoms with Gasteiger partial charge < -0.3 is 0 Å². The van der Waals surface area contributed by atoms with Crippen LogP contribution in [0.1, 0.15) is 33.3 Å². The number of benzene rings is 1. The lowest BCUT2D eigenvalue weighted by molar-refractivity contribution is 0.296. The molecule has 1 aromatic carbocycles. The van der Waals surface area contributed by atoms with Gasteiger partial charge in [-0.25, -0.2) is 0 Å². The van der Waals surface area contributed by atoms with Crippen molar-refractivity contribution in [2.24, 2.45) is 0 Å². The van der Waals surface area contributed by atoms with Crippen LogP contribution in [-0.4, -0.2) is 32.1 Å². The summed E-state index contributed by atoms with van der Waals surface area (Å²) in [6.07, 6.45) is 0. The first kappa shape index (κ1) is 14.8. The number of hydrogen-bond acceptors (Lipinski definition) is 1. The van der Waals surface area contributed by atoms with Gasteiger partial charge in [-0.05, 0) is 18.7 Å². The molecule has 0 amide bonds. The molecule has 0 unspecified atom stereocenters. The van der Waals surface area contributed by atoms with Crippen molar-refractivity contribution >= 4 is 18.6 Å². The second-order valence-electron chi connectivity index (χ2n) is 4.67. The van der Waals surface area contributed by atoms with Gasteiger partial charge in [-0.2, -0.15) is 0 Å². The van der Waals surface area contributed by atoms with E-state index in [2.05, 4.69) is 56.9 Å². The summed E-state index contributed by atoms with van der Waals surface area (Å²) in [5.74, 6) is 0. The molecule has 1 aromatic rings. The zero-order valence-corrected chi connectivity index (χ0v) is 13.0. The van der Waals surface area contributed by atoms with Crippen LogP contribution in [0.2, 0.25) is 10.6 Å². The van der Waals surface area contributed by atoms with Crippen LogP contribution < -0.4 is 4.43 Å². The first-order chi connectivity index (χ1) is 8.26. The predicted octanol–water partition coefficient (Wildman–Crippen LogP) is 3.27. The average molecular weight is 247 g/mol. The van der Waals surface area contributed by atoms with Gasteiger partial charge in [-0.15, -0.1) is 4.43 Å². The van der Waals surface area contributed by atoms with Gasteiger partial charge in [0, 0.05) is 6.54 Å². The van der Waals surface area contributed by atoms with E-state index in [9.17, 15) is 0 Å². The van der Waals surface area contributed by atoms with E-state index in [4.69, 9.17) is 0 Å². The lowest BCUT2D eigenvalue weighted by atomic mass is 10.2. The highest BCUT2D eigenvalue weighted by atomic mass is 27.2.